The fourth-order valence-corrected chi connectivity index (χ4v) is 4.44. The van der Waals surface area contributed by atoms with Crippen LogP contribution in [0, 0.1) is 5.92 Å². The van der Waals surface area contributed by atoms with Crippen LogP contribution in [0.2, 0.25) is 0 Å². The Morgan fingerprint density at radius 3 is 2.00 bits per heavy atom. The van der Waals surface area contributed by atoms with Crippen LogP contribution < -0.4 is 0 Å². The molecule has 0 aromatic carbocycles. The molecule has 2 rings (SSSR count). The summed E-state index contributed by atoms with van der Waals surface area (Å²) in [7, 11) is 1.30. The first kappa shape index (κ1) is 16.2. The molecule has 0 aromatic heterocycles. The van der Waals surface area contributed by atoms with Gasteiger partial charge in [-0.2, -0.15) is 4.31 Å². The zero-order valence-corrected chi connectivity index (χ0v) is 13.9. The zero-order chi connectivity index (χ0) is 14.8. The second kappa shape index (κ2) is 6.73. The molecule has 20 heavy (non-hydrogen) atoms. The fourth-order valence-electron chi connectivity index (χ4n) is 3.61. The first-order chi connectivity index (χ1) is 9.36. The summed E-state index contributed by atoms with van der Waals surface area (Å²) in [5.74, 6) is 0.846. The highest BCUT2D eigenvalue weighted by molar-refractivity contribution is 7.88. The van der Waals surface area contributed by atoms with Crippen LogP contribution in [0.1, 0.15) is 25.7 Å². The Morgan fingerprint density at radius 2 is 1.55 bits per heavy atom. The minimum absolute atomic E-state index is 0.663. The van der Waals surface area contributed by atoms with Crippen LogP contribution in [-0.2, 0) is 10.0 Å². The average molecular weight is 303 g/mol. The third-order valence-electron chi connectivity index (χ3n) is 4.70. The second-order valence-corrected chi connectivity index (χ2v) is 8.62. The van der Waals surface area contributed by atoms with Crippen LogP contribution in [-0.4, -0.2) is 81.6 Å². The number of piperazine rings is 1. The standard InChI is InChI=1S/C14H29N3O2S/c1-15(2)12-13-4-6-14(7-5-13)16-8-10-17(11-9-16)20(3,18)19/h13-14H,4-12H2,1-3H3. The molecule has 0 bridgehead atoms. The Morgan fingerprint density at radius 1 is 1.00 bits per heavy atom. The van der Waals surface area contributed by atoms with Crippen molar-refractivity contribution in [1.82, 2.24) is 14.1 Å². The van der Waals surface area contributed by atoms with Gasteiger partial charge in [0.05, 0.1) is 6.26 Å². The van der Waals surface area contributed by atoms with E-state index >= 15 is 0 Å². The summed E-state index contributed by atoms with van der Waals surface area (Å²) < 4.78 is 24.6. The lowest BCUT2D eigenvalue weighted by atomic mass is 9.85. The zero-order valence-electron chi connectivity index (χ0n) is 13.1. The van der Waals surface area contributed by atoms with Crippen LogP contribution in [0.25, 0.3) is 0 Å². The van der Waals surface area contributed by atoms with Crippen molar-refractivity contribution in [3.05, 3.63) is 0 Å². The van der Waals surface area contributed by atoms with Gasteiger partial charge in [-0.05, 0) is 45.7 Å². The Labute approximate surface area is 124 Å². The molecule has 2 aliphatic rings. The molecular formula is C14H29N3O2S. The molecule has 0 aromatic rings. The molecular weight excluding hydrogens is 274 g/mol. The third kappa shape index (κ3) is 4.41. The van der Waals surface area contributed by atoms with Gasteiger partial charge in [-0.25, -0.2) is 8.42 Å². The van der Waals surface area contributed by atoms with E-state index in [4.69, 9.17) is 0 Å². The molecule has 118 valence electrons. The van der Waals surface area contributed by atoms with E-state index in [1.165, 1.54) is 38.5 Å². The van der Waals surface area contributed by atoms with Crippen molar-refractivity contribution >= 4 is 10.0 Å². The summed E-state index contributed by atoms with van der Waals surface area (Å²) in [5, 5.41) is 0. The smallest absolute Gasteiger partial charge is 0.211 e. The van der Waals surface area contributed by atoms with Gasteiger partial charge in [-0.1, -0.05) is 0 Å². The lowest BCUT2D eigenvalue weighted by Crippen LogP contribution is -2.52. The van der Waals surface area contributed by atoms with E-state index in [1.807, 2.05) is 0 Å². The average Bonchev–Trinajstić information content (AvgIpc) is 2.38. The van der Waals surface area contributed by atoms with Crippen molar-refractivity contribution in [2.24, 2.45) is 5.92 Å². The summed E-state index contributed by atoms with van der Waals surface area (Å²) >= 11 is 0. The van der Waals surface area contributed by atoms with Gasteiger partial charge < -0.3 is 4.90 Å². The van der Waals surface area contributed by atoms with Crippen molar-refractivity contribution in [3.63, 3.8) is 0 Å². The maximum Gasteiger partial charge on any atom is 0.211 e. The lowest BCUT2D eigenvalue weighted by molar-refractivity contribution is 0.0937. The van der Waals surface area contributed by atoms with E-state index < -0.39 is 10.0 Å². The van der Waals surface area contributed by atoms with E-state index in [0.29, 0.717) is 19.1 Å². The summed E-state index contributed by atoms with van der Waals surface area (Å²) in [6.45, 7) is 4.33. The molecule has 0 radical (unpaired) electrons. The molecule has 0 spiro atoms. The van der Waals surface area contributed by atoms with Gasteiger partial charge >= 0.3 is 0 Å². The number of hydrogen-bond donors (Lipinski definition) is 0. The maximum absolute atomic E-state index is 11.5. The monoisotopic (exact) mass is 303 g/mol. The Hall–Kier alpha value is -0.170. The van der Waals surface area contributed by atoms with Crippen molar-refractivity contribution in [2.45, 2.75) is 31.7 Å². The molecule has 0 amide bonds. The molecule has 0 atom stereocenters. The van der Waals surface area contributed by atoms with Gasteiger partial charge in [-0.3, -0.25) is 4.90 Å². The highest BCUT2D eigenvalue weighted by atomic mass is 32.2. The molecule has 0 N–H and O–H groups in total. The number of rotatable bonds is 4. The normalized spacial score (nSPS) is 30.8. The highest BCUT2D eigenvalue weighted by Crippen LogP contribution is 2.28. The molecule has 1 heterocycles. The number of hydrogen-bond acceptors (Lipinski definition) is 4. The van der Waals surface area contributed by atoms with Gasteiger partial charge in [0, 0.05) is 38.8 Å². The van der Waals surface area contributed by atoms with Crippen molar-refractivity contribution in [1.29, 1.82) is 0 Å². The lowest BCUT2D eigenvalue weighted by Gasteiger charge is -2.41. The Kier molecular flexibility index (Phi) is 5.45. The highest BCUT2D eigenvalue weighted by Gasteiger charge is 2.30. The molecule has 1 aliphatic carbocycles. The Balaban J connectivity index is 1.76. The van der Waals surface area contributed by atoms with Gasteiger partial charge in [0.25, 0.3) is 0 Å². The molecule has 5 nitrogen and oxygen atoms in total. The van der Waals surface area contributed by atoms with Crippen molar-refractivity contribution in [3.8, 4) is 0 Å². The summed E-state index contributed by atoms with van der Waals surface area (Å²) in [4.78, 5) is 4.80. The van der Waals surface area contributed by atoms with E-state index in [9.17, 15) is 8.42 Å². The van der Waals surface area contributed by atoms with E-state index in [-0.39, 0.29) is 0 Å². The topological polar surface area (TPSA) is 43.9 Å². The largest absolute Gasteiger partial charge is 0.309 e. The summed E-state index contributed by atoms with van der Waals surface area (Å²) in [6.07, 6.45) is 6.49. The maximum atomic E-state index is 11.5. The van der Waals surface area contributed by atoms with Crippen LogP contribution >= 0.6 is 0 Å². The second-order valence-electron chi connectivity index (χ2n) is 6.63. The van der Waals surface area contributed by atoms with Crippen molar-refractivity contribution in [2.75, 3.05) is 53.1 Å². The quantitative estimate of drug-likeness (QED) is 0.766. The molecule has 1 saturated heterocycles. The SMILES string of the molecule is CN(C)CC1CCC(N2CCN(S(C)(=O)=O)CC2)CC1. The summed E-state index contributed by atoms with van der Waals surface area (Å²) in [5.41, 5.74) is 0. The minimum Gasteiger partial charge on any atom is -0.309 e. The van der Waals surface area contributed by atoms with Crippen LogP contribution in [0.4, 0.5) is 0 Å². The third-order valence-corrected chi connectivity index (χ3v) is 6.00. The van der Waals surface area contributed by atoms with Gasteiger partial charge in [0.15, 0.2) is 0 Å². The van der Waals surface area contributed by atoms with Crippen LogP contribution in [0.15, 0.2) is 0 Å². The van der Waals surface area contributed by atoms with Gasteiger partial charge in [-0.15, -0.1) is 0 Å². The van der Waals surface area contributed by atoms with Crippen LogP contribution in [0.3, 0.4) is 0 Å². The summed E-state index contributed by atoms with van der Waals surface area (Å²) in [6, 6.07) is 0.676. The molecule has 1 saturated carbocycles. The predicted molar refractivity (Wildman–Crippen MR) is 82.3 cm³/mol. The molecule has 2 fully saturated rings. The number of sulfonamides is 1. The van der Waals surface area contributed by atoms with Gasteiger partial charge in [0.2, 0.25) is 10.0 Å². The van der Waals surface area contributed by atoms with E-state index in [0.717, 1.165) is 19.0 Å². The van der Waals surface area contributed by atoms with E-state index in [2.05, 4.69) is 23.9 Å². The molecule has 0 unspecified atom stereocenters. The first-order valence-corrected chi connectivity index (χ1v) is 9.55. The fraction of sp³-hybridized carbons (Fsp3) is 1.00. The number of nitrogens with zero attached hydrogens (tertiary/aromatic N) is 3. The first-order valence-electron chi connectivity index (χ1n) is 7.70. The van der Waals surface area contributed by atoms with Crippen LogP contribution in [0.5, 0.6) is 0 Å². The Bertz CT molecular complexity index is 395. The van der Waals surface area contributed by atoms with Crippen molar-refractivity contribution < 1.29 is 8.42 Å². The van der Waals surface area contributed by atoms with Gasteiger partial charge in [0.1, 0.15) is 0 Å². The molecule has 1 aliphatic heterocycles. The molecule has 6 heteroatoms. The van der Waals surface area contributed by atoms with E-state index in [1.54, 1.807) is 4.31 Å². The predicted octanol–water partition coefficient (Wildman–Crippen LogP) is 0.684. The minimum atomic E-state index is -3.00.